The summed E-state index contributed by atoms with van der Waals surface area (Å²) in [5, 5.41) is 4.45. The Hall–Kier alpha value is -1.40. The van der Waals surface area contributed by atoms with Crippen LogP contribution in [-0.4, -0.2) is 36.9 Å². The summed E-state index contributed by atoms with van der Waals surface area (Å²) in [5.41, 5.74) is 6.31. The van der Waals surface area contributed by atoms with Crippen molar-refractivity contribution < 1.29 is 9.59 Å². The zero-order valence-corrected chi connectivity index (χ0v) is 10.8. The van der Waals surface area contributed by atoms with E-state index in [2.05, 4.69) is 5.32 Å². The lowest BCUT2D eigenvalue weighted by Crippen LogP contribution is -2.40. The quantitative estimate of drug-likeness (QED) is 0.783. The smallest absolute Gasteiger partial charge is 0.242 e. The summed E-state index contributed by atoms with van der Waals surface area (Å²) in [6.07, 6.45) is 0. The lowest BCUT2D eigenvalue weighted by Gasteiger charge is -2.17. The van der Waals surface area contributed by atoms with Gasteiger partial charge in [0.15, 0.2) is 0 Å². The van der Waals surface area contributed by atoms with Gasteiger partial charge in [-0.25, -0.2) is 0 Å². The first-order chi connectivity index (χ1) is 8.04. The third-order valence-corrected chi connectivity index (χ3v) is 3.40. The second-order valence-corrected chi connectivity index (χ2v) is 4.76. The van der Waals surface area contributed by atoms with E-state index in [1.54, 1.807) is 23.3 Å². The SMILES string of the molecule is Cc1ccsc1CN(C)C(=O)CNC(=O)CN. The van der Waals surface area contributed by atoms with Gasteiger partial charge in [-0.3, -0.25) is 9.59 Å². The number of hydrogen-bond acceptors (Lipinski definition) is 4. The van der Waals surface area contributed by atoms with Gasteiger partial charge < -0.3 is 16.0 Å². The Kier molecular flexibility index (Phi) is 5.11. The first-order valence-corrected chi connectivity index (χ1v) is 6.16. The summed E-state index contributed by atoms with van der Waals surface area (Å²) >= 11 is 1.62. The first-order valence-electron chi connectivity index (χ1n) is 5.28. The van der Waals surface area contributed by atoms with E-state index in [0.29, 0.717) is 6.54 Å². The highest BCUT2D eigenvalue weighted by molar-refractivity contribution is 7.10. The summed E-state index contributed by atoms with van der Waals surface area (Å²) in [4.78, 5) is 25.3. The van der Waals surface area contributed by atoms with Gasteiger partial charge in [0, 0.05) is 11.9 Å². The minimum absolute atomic E-state index is 0.00302. The number of nitrogens with two attached hydrogens (primary N) is 1. The van der Waals surface area contributed by atoms with E-state index >= 15 is 0 Å². The van der Waals surface area contributed by atoms with Crippen LogP contribution in [0.4, 0.5) is 0 Å². The number of nitrogens with zero attached hydrogens (tertiary/aromatic N) is 1. The predicted molar refractivity (Wildman–Crippen MR) is 67.6 cm³/mol. The van der Waals surface area contributed by atoms with Crippen LogP contribution < -0.4 is 11.1 Å². The van der Waals surface area contributed by atoms with Crippen molar-refractivity contribution in [2.24, 2.45) is 5.73 Å². The van der Waals surface area contributed by atoms with E-state index in [9.17, 15) is 9.59 Å². The number of nitrogens with one attached hydrogen (secondary N) is 1. The van der Waals surface area contributed by atoms with Gasteiger partial charge in [-0.15, -0.1) is 11.3 Å². The van der Waals surface area contributed by atoms with Gasteiger partial charge in [-0.2, -0.15) is 0 Å². The number of carbonyl (C=O) groups is 2. The van der Waals surface area contributed by atoms with Crippen molar-refractivity contribution >= 4 is 23.2 Å². The normalized spacial score (nSPS) is 10.1. The van der Waals surface area contributed by atoms with E-state index in [1.165, 1.54) is 5.56 Å². The fraction of sp³-hybridized carbons (Fsp3) is 0.455. The van der Waals surface area contributed by atoms with Crippen LogP contribution in [-0.2, 0) is 16.1 Å². The van der Waals surface area contributed by atoms with Crippen LogP contribution in [0.15, 0.2) is 11.4 Å². The van der Waals surface area contributed by atoms with Crippen molar-refractivity contribution in [3.8, 4) is 0 Å². The molecule has 0 aromatic carbocycles. The molecule has 0 radical (unpaired) electrons. The Morgan fingerprint density at radius 1 is 1.53 bits per heavy atom. The molecule has 6 heteroatoms. The van der Waals surface area contributed by atoms with Gasteiger partial charge >= 0.3 is 0 Å². The Morgan fingerprint density at radius 2 is 2.24 bits per heavy atom. The highest BCUT2D eigenvalue weighted by atomic mass is 32.1. The minimum Gasteiger partial charge on any atom is -0.346 e. The van der Waals surface area contributed by atoms with Gasteiger partial charge in [0.2, 0.25) is 11.8 Å². The molecule has 5 nitrogen and oxygen atoms in total. The second-order valence-electron chi connectivity index (χ2n) is 3.76. The fourth-order valence-corrected chi connectivity index (χ4v) is 2.21. The standard InChI is InChI=1S/C11H17N3O2S/c1-8-3-4-17-9(8)7-14(2)11(16)6-13-10(15)5-12/h3-4H,5-7,12H2,1-2H3,(H,13,15). The van der Waals surface area contributed by atoms with Gasteiger partial charge in [0.25, 0.3) is 0 Å². The van der Waals surface area contributed by atoms with Crippen LogP contribution in [0.1, 0.15) is 10.4 Å². The van der Waals surface area contributed by atoms with Crippen LogP contribution in [0.25, 0.3) is 0 Å². The summed E-state index contributed by atoms with van der Waals surface area (Å²) < 4.78 is 0. The molecule has 94 valence electrons. The topological polar surface area (TPSA) is 75.4 Å². The van der Waals surface area contributed by atoms with Crippen LogP contribution in [0, 0.1) is 6.92 Å². The molecule has 1 aromatic rings. The Labute approximate surface area is 105 Å². The number of rotatable bonds is 5. The lowest BCUT2D eigenvalue weighted by atomic mass is 10.3. The molecule has 3 N–H and O–H groups in total. The number of amides is 2. The summed E-state index contributed by atoms with van der Waals surface area (Å²) in [6, 6.07) is 2.02. The molecule has 0 aliphatic heterocycles. The Balaban J connectivity index is 2.42. The van der Waals surface area contributed by atoms with Crippen molar-refractivity contribution in [1.82, 2.24) is 10.2 Å². The number of thiophene rings is 1. The maximum Gasteiger partial charge on any atom is 0.242 e. The predicted octanol–water partition coefficient (Wildman–Crippen LogP) is 0.0898. The minimum atomic E-state index is -0.320. The average Bonchev–Trinajstić information content (AvgIpc) is 2.71. The molecule has 0 aliphatic carbocycles. The summed E-state index contributed by atoms with van der Waals surface area (Å²) in [6.45, 7) is 2.49. The molecule has 1 rings (SSSR count). The molecule has 0 atom stereocenters. The molecule has 0 saturated carbocycles. The molecular formula is C11H17N3O2S. The Morgan fingerprint density at radius 3 is 2.76 bits per heavy atom. The van der Waals surface area contributed by atoms with Crippen molar-refractivity contribution in [3.63, 3.8) is 0 Å². The maximum absolute atomic E-state index is 11.7. The Bertz CT molecular complexity index is 403. The van der Waals surface area contributed by atoms with Gasteiger partial charge in [-0.1, -0.05) is 0 Å². The third-order valence-electron chi connectivity index (χ3n) is 2.40. The third kappa shape index (κ3) is 4.16. The van der Waals surface area contributed by atoms with Gasteiger partial charge in [0.1, 0.15) is 0 Å². The molecule has 17 heavy (non-hydrogen) atoms. The molecule has 0 bridgehead atoms. The van der Waals surface area contributed by atoms with Crippen LogP contribution in [0.3, 0.4) is 0 Å². The van der Waals surface area contributed by atoms with Gasteiger partial charge in [0.05, 0.1) is 19.6 Å². The maximum atomic E-state index is 11.7. The van der Waals surface area contributed by atoms with Gasteiger partial charge in [-0.05, 0) is 23.9 Å². The number of hydrogen-bond donors (Lipinski definition) is 2. The fourth-order valence-electron chi connectivity index (χ4n) is 1.25. The molecule has 0 fully saturated rings. The molecule has 0 saturated heterocycles. The number of likely N-dealkylation sites (N-methyl/N-ethyl adjacent to an activating group) is 1. The van der Waals surface area contributed by atoms with Crippen molar-refractivity contribution in [2.45, 2.75) is 13.5 Å². The molecule has 2 amide bonds. The van der Waals surface area contributed by atoms with Crippen molar-refractivity contribution in [3.05, 3.63) is 21.9 Å². The average molecular weight is 255 g/mol. The first kappa shape index (κ1) is 13.7. The van der Waals surface area contributed by atoms with E-state index in [4.69, 9.17) is 5.73 Å². The van der Waals surface area contributed by atoms with Crippen LogP contribution >= 0.6 is 11.3 Å². The van der Waals surface area contributed by atoms with Crippen molar-refractivity contribution in [1.29, 1.82) is 0 Å². The zero-order chi connectivity index (χ0) is 12.8. The molecule has 0 unspecified atom stereocenters. The van der Waals surface area contributed by atoms with E-state index in [1.807, 2.05) is 18.4 Å². The van der Waals surface area contributed by atoms with Crippen LogP contribution in [0.5, 0.6) is 0 Å². The van der Waals surface area contributed by atoms with E-state index in [0.717, 1.165) is 4.88 Å². The second kappa shape index (κ2) is 6.36. The highest BCUT2D eigenvalue weighted by Gasteiger charge is 2.11. The number of aryl methyl sites for hydroxylation is 1. The summed E-state index contributed by atoms with van der Waals surface area (Å²) in [7, 11) is 1.72. The molecule has 0 spiro atoms. The number of carbonyl (C=O) groups excluding carboxylic acids is 2. The lowest BCUT2D eigenvalue weighted by molar-refractivity contribution is -0.131. The molecule has 0 aliphatic rings. The molecule has 1 heterocycles. The molecular weight excluding hydrogens is 238 g/mol. The highest BCUT2D eigenvalue weighted by Crippen LogP contribution is 2.16. The van der Waals surface area contributed by atoms with E-state index < -0.39 is 0 Å². The van der Waals surface area contributed by atoms with Crippen LogP contribution in [0.2, 0.25) is 0 Å². The summed E-state index contributed by atoms with van der Waals surface area (Å²) in [5.74, 6) is -0.446. The van der Waals surface area contributed by atoms with E-state index in [-0.39, 0.29) is 24.9 Å². The largest absolute Gasteiger partial charge is 0.346 e. The monoisotopic (exact) mass is 255 g/mol. The molecule has 1 aromatic heterocycles. The zero-order valence-electron chi connectivity index (χ0n) is 10.0. The van der Waals surface area contributed by atoms with Crippen molar-refractivity contribution in [2.75, 3.05) is 20.1 Å².